The van der Waals surface area contributed by atoms with Gasteiger partial charge in [0.2, 0.25) is 5.91 Å². The third-order valence-corrected chi connectivity index (χ3v) is 5.69. The molecule has 1 atom stereocenters. The van der Waals surface area contributed by atoms with Gasteiger partial charge in [-0.15, -0.1) is 5.10 Å². The largest absolute Gasteiger partial charge is 0.355 e. The maximum absolute atomic E-state index is 12.9. The molecule has 0 unspecified atom stereocenters. The number of piperidine rings is 1. The molecule has 2 aromatic carbocycles. The Morgan fingerprint density at radius 3 is 2.81 bits per heavy atom. The maximum atomic E-state index is 12.9. The first-order valence-corrected chi connectivity index (χ1v) is 10.6. The van der Waals surface area contributed by atoms with Crippen molar-refractivity contribution >= 4 is 28.4 Å². The standard InChI is InChI=1S/C24H24N6O/c1-17-7-5-9-19(13-17)27-24(31)18-8-6-12-29(14-18)23-21-15-30(20-10-3-2-4-11-20)28-22(21)25-16-26-23/h2-5,7,9-11,13,15-16,18H,6,8,12,14H2,1H3,(H,27,31)/t18-/m1/s1. The van der Waals surface area contributed by atoms with E-state index in [1.54, 1.807) is 6.33 Å². The molecule has 0 aliphatic carbocycles. The fraction of sp³-hybridized carbons (Fsp3) is 0.250. The van der Waals surface area contributed by atoms with Crippen LogP contribution in [-0.4, -0.2) is 38.7 Å². The quantitative estimate of drug-likeness (QED) is 0.549. The second kappa shape index (κ2) is 8.18. The molecule has 1 N–H and O–H groups in total. The fourth-order valence-electron chi connectivity index (χ4n) is 4.14. The molecule has 0 spiro atoms. The number of aromatic nitrogens is 4. The summed E-state index contributed by atoms with van der Waals surface area (Å²) in [7, 11) is 0. The smallest absolute Gasteiger partial charge is 0.229 e. The lowest BCUT2D eigenvalue weighted by Gasteiger charge is -2.33. The molecule has 0 saturated carbocycles. The van der Waals surface area contributed by atoms with E-state index < -0.39 is 0 Å². The number of hydrogen-bond donors (Lipinski definition) is 1. The first kappa shape index (κ1) is 19.2. The van der Waals surface area contributed by atoms with Crippen LogP contribution in [0.3, 0.4) is 0 Å². The number of carbonyl (C=O) groups is 1. The van der Waals surface area contributed by atoms with Crippen LogP contribution >= 0.6 is 0 Å². The van der Waals surface area contributed by atoms with Gasteiger partial charge in [0.15, 0.2) is 5.65 Å². The van der Waals surface area contributed by atoms with E-state index >= 15 is 0 Å². The van der Waals surface area contributed by atoms with Gasteiger partial charge in [-0.3, -0.25) is 4.79 Å². The van der Waals surface area contributed by atoms with Crippen LogP contribution in [0.2, 0.25) is 0 Å². The van der Waals surface area contributed by atoms with Crippen LogP contribution in [0, 0.1) is 12.8 Å². The third kappa shape index (κ3) is 3.99. The van der Waals surface area contributed by atoms with Crippen LogP contribution in [0.25, 0.3) is 16.7 Å². The van der Waals surface area contributed by atoms with Gasteiger partial charge in [-0.1, -0.05) is 30.3 Å². The Hall–Kier alpha value is -3.74. The van der Waals surface area contributed by atoms with Gasteiger partial charge in [-0.2, -0.15) is 0 Å². The molecular formula is C24H24N6O. The van der Waals surface area contributed by atoms with Crippen LogP contribution in [0.15, 0.2) is 67.1 Å². The molecule has 3 heterocycles. The molecule has 31 heavy (non-hydrogen) atoms. The Bertz CT molecular complexity index is 1220. The molecule has 1 amide bonds. The number of amides is 1. The summed E-state index contributed by atoms with van der Waals surface area (Å²) in [6, 6.07) is 17.9. The molecule has 1 fully saturated rings. The Morgan fingerprint density at radius 2 is 1.97 bits per heavy atom. The Balaban J connectivity index is 1.38. The molecule has 0 bridgehead atoms. The predicted molar refractivity (Wildman–Crippen MR) is 121 cm³/mol. The topological polar surface area (TPSA) is 75.9 Å². The molecule has 1 aliphatic heterocycles. The lowest BCUT2D eigenvalue weighted by Crippen LogP contribution is -2.41. The molecule has 1 aliphatic rings. The average Bonchev–Trinajstić information content (AvgIpc) is 3.24. The van der Waals surface area contributed by atoms with Crippen LogP contribution in [0.4, 0.5) is 11.5 Å². The average molecular weight is 412 g/mol. The van der Waals surface area contributed by atoms with E-state index in [9.17, 15) is 4.79 Å². The Labute approximate surface area is 180 Å². The molecule has 2 aromatic heterocycles. The van der Waals surface area contributed by atoms with Crippen LogP contribution < -0.4 is 10.2 Å². The van der Waals surface area contributed by atoms with E-state index in [-0.39, 0.29) is 11.8 Å². The monoisotopic (exact) mass is 412 g/mol. The number of carbonyl (C=O) groups excluding carboxylic acids is 1. The first-order chi connectivity index (χ1) is 15.2. The van der Waals surface area contributed by atoms with Gasteiger partial charge in [0.05, 0.1) is 17.0 Å². The zero-order valence-electron chi connectivity index (χ0n) is 17.4. The lowest BCUT2D eigenvalue weighted by atomic mass is 9.96. The molecule has 7 nitrogen and oxygen atoms in total. The molecule has 4 aromatic rings. The van der Waals surface area contributed by atoms with Gasteiger partial charge in [0, 0.05) is 25.0 Å². The van der Waals surface area contributed by atoms with Crippen molar-refractivity contribution in [3.8, 4) is 5.69 Å². The molecule has 7 heteroatoms. The fourth-order valence-corrected chi connectivity index (χ4v) is 4.14. The highest BCUT2D eigenvalue weighted by Gasteiger charge is 2.28. The molecule has 0 radical (unpaired) electrons. The number of anilines is 2. The number of aryl methyl sites for hydroxylation is 1. The minimum atomic E-state index is -0.0940. The van der Waals surface area contributed by atoms with Crippen molar-refractivity contribution in [2.45, 2.75) is 19.8 Å². The van der Waals surface area contributed by atoms with Crippen molar-refractivity contribution < 1.29 is 4.79 Å². The molecular weight excluding hydrogens is 388 g/mol. The zero-order valence-corrected chi connectivity index (χ0v) is 17.4. The number of benzene rings is 2. The van der Waals surface area contributed by atoms with E-state index in [2.05, 4.69) is 25.3 Å². The number of nitrogens with zero attached hydrogens (tertiary/aromatic N) is 5. The number of hydrogen-bond acceptors (Lipinski definition) is 5. The summed E-state index contributed by atoms with van der Waals surface area (Å²) >= 11 is 0. The molecule has 5 rings (SSSR count). The Kier molecular flexibility index (Phi) is 5.08. The van der Waals surface area contributed by atoms with Crippen LogP contribution in [-0.2, 0) is 4.79 Å². The Morgan fingerprint density at radius 1 is 1.10 bits per heavy atom. The van der Waals surface area contributed by atoms with Gasteiger partial charge in [-0.05, 0) is 49.6 Å². The van der Waals surface area contributed by atoms with Crippen molar-refractivity contribution in [1.82, 2.24) is 19.7 Å². The van der Waals surface area contributed by atoms with Gasteiger partial charge in [0.1, 0.15) is 12.1 Å². The summed E-state index contributed by atoms with van der Waals surface area (Å²) in [6.45, 7) is 3.51. The highest BCUT2D eigenvalue weighted by atomic mass is 16.1. The van der Waals surface area contributed by atoms with Gasteiger partial charge >= 0.3 is 0 Å². The second-order valence-electron chi connectivity index (χ2n) is 7.99. The highest BCUT2D eigenvalue weighted by Crippen LogP contribution is 2.28. The van der Waals surface area contributed by atoms with E-state index in [0.29, 0.717) is 12.2 Å². The third-order valence-electron chi connectivity index (χ3n) is 5.69. The first-order valence-electron chi connectivity index (χ1n) is 10.6. The number of rotatable bonds is 4. The highest BCUT2D eigenvalue weighted by molar-refractivity contribution is 5.93. The maximum Gasteiger partial charge on any atom is 0.229 e. The van der Waals surface area contributed by atoms with Crippen LogP contribution in [0.5, 0.6) is 0 Å². The zero-order chi connectivity index (χ0) is 21.2. The minimum Gasteiger partial charge on any atom is -0.355 e. The lowest BCUT2D eigenvalue weighted by molar-refractivity contribution is -0.120. The predicted octanol–water partition coefficient (Wildman–Crippen LogP) is 3.98. The molecule has 1 saturated heterocycles. The van der Waals surface area contributed by atoms with Crippen molar-refractivity contribution in [3.63, 3.8) is 0 Å². The van der Waals surface area contributed by atoms with E-state index in [4.69, 9.17) is 0 Å². The number of nitrogens with one attached hydrogen (secondary N) is 1. The summed E-state index contributed by atoms with van der Waals surface area (Å²) in [5.74, 6) is 0.796. The van der Waals surface area contributed by atoms with Crippen molar-refractivity contribution in [3.05, 3.63) is 72.7 Å². The van der Waals surface area contributed by atoms with Crippen molar-refractivity contribution in [2.24, 2.45) is 5.92 Å². The SMILES string of the molecule is Cc1cccc(NC(=O)[C@@H]2CCCN(c3ncnc4nn(-c5ccccc5)cc34)C2)c1. The summed E-state index contributed by atoms with van der Waals surface area (Å²) in [6.07, 6.45) is 5.32. The van der Waals surface area contributed by atoms with Crippen molar-refractivity contribution in [2.75, 3.05) is 23.3 Å². The van der Waals surface area contributed by atoms with E-state index in [0.717, 1.165) is 47.5 Å². The summed E-state index contributed by atoms with van der Waals surface area (Å²) in [4.78, 5) is 24.0. The van der Waals surface area contributed by atoms with Gasteiger partial charge in [0.25, 0.3) is 0 Å². The van der Waals surface area contributed by atoms with Crippen LogP contribution in [0.1, 0.15) is 18.4 Å². The normalized spacial score (nSPS) is 16.4. The summed E-state index contributed by atoms with van der Waals surface area (Å²) < 4.78 is 1.83. The number of fused-ring (bicyclic) bond motifs is 1. The summed E-state index contributed by atoms with van der Waals surface area (Å²) in [5, 5.41) is 8.58. The van der Waals surface area contributed by atoms with Gasteiger partial charge < -0.3 is 10.2 Å². The minimum absolute atomic E-state index is 0.0561. The molecule has 156 valence electrons. The van der Waals surface area contributed by atoms with E-state index in [1.165, 1.54) is 0 Å². The summed E-state index contributed by atoms with van der Waals surface area (Å²) in [5.41, 5.74) is 3.60. The number of para-hydroxylation sites is 1. The second-order valence-corrected chi connectivity index (χ2v) is 7.99. The van der Waals surface area contributed by atoms with Gasteiger partial charge in [-0.25, -0.2) is 14.6 Å². The van der Waals surface area contributed by atoms with E-state index in [1.807, 2.05) is 72.4 Å². The van der Waals surface area contributed by atoms with Crippen molar-refractivity contribution in [1.29, 1.82) is 0 Å².